The highest BCUT2D eigenvalue weighted by atomic mass is 15.3. The monoisotopic (exact) mass is 311 g/mol. The Kier molecular flexibility index (Phi) is 2.56. The van der Waals surface area contributed by atoms with Gasteiger partial charge in [-0.25, -0.2) is 4.52 Å². The lowest BCUT2D eigenvalue weighted by Crippen LogP contribution is -2.21. The third-order valence-electron chi connectivity index (χ3n) is 4.47. The molecule has 0 saturated carbocycles. The minimum absolute atomic E-state index is 0.536. The lowest BCUT2D eigenvalue weighted by molar-refractivity contribution is 0.834. The van der Waals surface area contributed by atoms with Crippen molar-refractivity contribution in [2.75, 3.05) is 4.90 Å². The van der Waals surface area contributed by atoms with Crippen LogP contribution < -0.4 is 4.90 Å². The predicted molar refractivity (Wildman–Crippen MR) is 93.4 cm³/mol. The predicted octanol–water partition coefficient (Wildman–Crippen LogP) is 3.61. The van der Waals surface area contributed by atoms with E-state index in [1.54, 1.807) is 10.6 Å². The summed E-state index contributed by atoms with van der Waals surface area (Å²) < 4.78 is 3.85. The lowest BCUT2D eigenvalue weighted by atomic mass is 10.2. The highest BCUT2D eigenvalue weighted by Crippen LogP contribution is 2.28. The first-order valence-electron chi connectivity index (χ1n) is 7.76. The number of anilines is 1. The number of nitrogens with zero attached hydrogens (tertiary/aromatic N) is 5. The molecule has 0 fully saturated rings. The summed E-state index contributed by atoms with van der Waals surface area (Å²) in [4.78, 5) is 2.11. The quantitative estimate of drug-likeness (QED) is 0.539. The molecule has 3 aromatic heterocycles. The summed E-state index contributed by atoms with van der Waals surface area (Å²) in [5.41, 5.74) is 2.70. The molecule has 4 heterocycles. The van der Waals surface area contributed by atoms with E-state index in [9.17, 15) is 5.26 Å². The molecule has 0 radical (unpaired) electrons. The second kappa shape index (κ2) is 4.74. The first-order chi connectivity index (χ1) is 11.8. The summed E-state index contributed by atoms with van der Waals surface area (Å²) in [7, 11) is 0. The van der Waals surface area contributed by atoms with Gasteiger partial charge in [0.1, 0.15) is 11.8 Å². The summed E-state index contributed by atoms with van der Waals surface area (Å²) in [5, 5.41) is 16.3. The molecule has 0 amide bonds. The highest BCUT2D eigenvalue weighted by Gasteiger charge is 2.18. The summed E-state index contributed by atoms with van der Waals surface area (Å²) in [6.07, 6.45) is 6.23. The van der Waals surface area contributed by atoms with E-state index >= 15 is 0 Å². The van der Waals surface area contributed by atoms with E-state index in [0.29, 0.717) is 5.69 Å². The van der Waals surface area contributed by atoms with Gasteiger partial charge in [0, 0.05) is 41.1 Å². The van der Waals surface area contributed by atoms with Gasteiger partial charge in [0.15, 0.2) is 5.82 Å². The van der Waals surface area contributed by atoms with E-state index < -0.39 is 0 Å². The van der Waals surface area contributed by atoms with Crippen molar-refractivity contribution in [3.63, 3.8) is 0 Å². The van der Waals surface area contributed by atoms with Crippen LogP contribution in [0.2, 0.25) is 0 Å². The van der Waals surface area contributed by atoms with Crippen LogP contribution in [0.25, 0.3) is 22.5 Å². The van der Waals surface area contributed by atoms with E-state index in [1.807, 2.05) is 30.6 Å². The fourth-order valence-electron chi connectivity index (χ4n) is 3.29. The molecule has 0 saturated heterocycles. The van der Waals surface area contributed by atoms with Crippen LogP contribution in [0.3, 0.4) is 0 Å². The van der Waals surface area contributed by atoms with E-state index in [1.165, 1.54) is 16.5 Å². The van der Waals surface area contributed by atoms with E-state index in [-0.39, 0.29) is 0 Å². The van der Waals surface area contributed by atoms with Gasteiger partial charge < -0.3 is 9.47 Å². The van der Waals surface area contributed by atoms with Crippen LogP contribution in [0.4, 0.5) is 5.82 Å². The van der Waals surface area contributed by atoms with E-state index in [4.69, 9.17) is 0 Å². The largest absolute Gasteiger partial charge is 0.324 e. The minimum atomic E-state index is 0.536. The van der Waals surface area contributed by atoms with Gasteiger partial charge in [0.2, 0.25) is 0 Å². The molecule has 5 heteroatoms. The molecular formula is C19H13N5. The van der Waals surface area contributed by atoms with Crippen LogP contribution in [-0.2, 0) is 6.54 Å². The molecular weight excluding hydrogens is 298 g/mol. The highest BCUT2D eigenvalue weighted by molar-refractivity contribution is 5.87. The first kappa shape index (κ1) is 13.0. The Hall–Kier alpha value is -3.52. The lowest BCUT2D eigenvalue weighted by Gasteiger charge is -2.22. The van der Waals surface area contributed by atoms with E-state index in [2.05, 4.69) is 51.1 Å². The van der Waals surface area contributed by atoms with Crippen molar-refractivity contribution < 1.29 is 0 Å². The van der Waals surface area contributed by atoms with Crippen LogP contribution in [0.15, 0.2) is 60.9 Å². The zero-order chi connectivity index (χ0) is 16.1. The number of fused-ring (bicyclic) bond motifs is 4. The van der Waals surface area contributed by atoms with Gasteiger partial charge in [-0.2, -0.15) is 5.26 Å². The number of hydrogen-bond donors (Lipinski definition) is 0. The van der Waals surface area contributed by atoms with Gasteiger partial charge in [-0.3, -0.25) is 0 Å². The van der Waals surface area contributed by atoms with Crippen LogP contribution in [-0.4, -0.2) is 14.2 Å². The molecule has 1 aliphatic heterocycles. The van der Waals surface area contributed by atoms with Gasteiger partial charge >= 0.3 is 0 Å². The zero-order valence-electron chi connectivity index (χ0n) is 12.8. The maximum Gasteiger partial charge on any atom is 0.156 e. The third-order valence-corrected chi connectivity index (χ3v) is 4.47. The van der Waals surface area contributed by atoms with Crippen molar-refractivity contribution in [2.24, 2.45) is 0 Å². The summed E-state index contributed by atoms with van der Waals surface area (Å²) >= 11 is 0. The Labute approximate surface area is 138 Å². The van der Waals surface area contributed by atoms with E-state index in [0.717, 1.165) is 17.9 Å². The summed E-state index contributed by atoms with van der Waals surface area (Å²) in [6, 6.07) is 18.2. The topological polar surface area (TPSA) is 49.3 Å². The van der Waals surface area contributed by atoms with Crippen molar-refractivity contribution in [1.29, 1.82) is 5.26 Å². The molecule has 0 bridgehead atoms. The maximum absolute atomic E-state index is 9.23. The number of rotatable bonds is 1. The molecule has 0 unspecified atom stereocenters. The standard InChI is InChI=1S/C19H13N5/c20-11-16-6-3-5-15-10-19(21-24(15)16)23-9-8-22-12-14-4-1-2-7-17(14)18(22)13-23/h1-10,12H,13H2. The fourth-order valence-corrected chi connectivity index (χ4v) is 3.29. The molecule has 0 N–H and O–H groups in total. The molecule has 0 spiro atoms. The number of nitriles is 1. The van der Waals surface area contributed by atoms with Crippen molar-refractivity contribution in [1.82, 2.24) is 14.2 Å². The number of benzene rings is 1. The maximum atomic E-state index is 9.23. The number of pyridine rings is 1. The first-order valence-corrected chi connectivity index (χ1v) is 7.76. The molecule has 4 aromatic rings. The van der Waals surface area contributed by atoms with Gasteiger partial charge in [0.25, 0.3) is 0 Å². The smallest absolute Gasteiger partial charge is 0.156 e. The summed E-state index contributed by atoms with van der Waals surface area (Å²) in [6.45, 7) is 0.746. The summed E-state index contributed by atoms with van der Waals surface area (Å²) in [5.74, 6) is 0.838. The van der Waals surface area contributed by atoms with Crippen molar-refractivity contribution in [2.45, 2.75) is 6.54 Å². The Morgan fingerprint density at radius 3 is 2.88 bits per heavy atom. The Morgan fingerprint density at radius 1 is 1.04 bits per heavy atom. The molecule has 0 aliphatic carbocycles. The Balaban J connectivity index is 1.61. The number of hydrogen-bond acceptors (Lipinski definition) is 3. The molecule has 5 nitrogen and oxygen atoms in total. The molecule has 0 atom stereocenters. The van der Waals surface area contributed by atoms with Crippen LogP contribution in [0.5, 0.6) is 0 Å². The number of aromatic nitrogens is 3. The average Bonchev–Trinajstić information content (AvgIpc) is 3.22. The Morgan fingerprint density at radius 2 is 1.96 bits per heavy atom. The normalized spacial score (nSPS) is 13.4. The van der Waals surface area contributed by atoms with Crippen LogP contribution in [0, 0.1) is 11.3 Å². The SMILES string of the molecule is N#Cc1cccc2cc(N3C=Cn4cc5ccccc5c4C3)nn12. The molecule has 114 valence electrons. The van der Waals surface area contributed by atoms with Gasteiger partial charge in [-0.15, -0.1) is 5.10 Å². The van der Waals surface area contributed by atoms with Crippen LogP contribution >= 0.6 is 0 Å². The van der Waals surface area contributed by atoms with Gasteiger partial charge in [-0.1, -0.05) is 30.3 Å². The zero-order valence-corrected chi connectivity index (χ0v) is 12.8. The molecule has 5 rings (SSSR count). The fraction of sp³-hybridized carbons (Fsp3) is 0.0526. The van der Waals surface area contributed by atoms with Crippen molar-refractivity contribution in [3.8, 4) is 6.07 Å². The average molecular weight is 311 g/mol. The van der Waals surface area contributed by atoms with Gasteiger partial charge in [0.05, 0.1) is 12.1 Å². The molecule has 24 heavy (non-hydrogen) atoms. The molecule has 1 aliphatic rings. The van der Waals surface area contributed by atoms with Crippen LogP contribution in [0.1, 0.15) is 11.4 Å². The van der Waals surface area contributed by atoms with Gasteiger partial charge in [-0.05, 0) is 12.1 Å². The van der Waals surface area contributed by atoms with Crippen molar-refractivity contribution in [3.05, 3.63) is 72.3 Å². The molecule has 1 aromatic carbocycles. The second-order valence-corrected chi connectivity index (χ2v) is 5.86. The Bertz CT molecular complexity index is 1160. The minimum Gasteiger partial charge on any atom is -0.324 e. The second-order valence-electron chi connectivity index (χ2n) is 5.86. The van der Waals surface area contributed by atoms with Crippen molar-refractivity contribution >= 4 is 28.3 Å². The third kappa shape index (κ3) is 1.77.